The average Bonchev–Trinajstić information content (AvgIpc) is 2.49. The monoisotopic (exact) mass is 323 g/mol. The van der Waals surface area contributed by atoms with E-state index in [0.717, 1.165) is 0 Å². The largest absolute Gasteiger partial charge is 0.377 e. The Morgan fingerprint density at radius 3 is 1.85 bits per heavy atom. The van der Waals surface area contributed by atoms with Gasteiger partial charge in [0, 0.05) is 25.2 Å². The molecular formula is C16H21NS3. The van der Waals surface area contributed by atoms with Gasteiger partial charge >= 0.3 is 0 Å². The topological polar surface area (TPSA) is 3.24 Å². The molecule has 0 N–H and O–H groups in total. The maximum absolute atomic E-state index is 2.29. The zero-order valence-electron chi connectivity index (χ0n) is 12.6. The van der Waals surface area contributed by atoms with Crippen LogP contribution in [0.2, 0.25) is 0 Å². The molecule has 0 saturated heterocycles. The van der Waals surface area contributed by atoms with Gasteiger partial charge in [-0.2, -0.15) is 0 Å². The van der Waals surface area contributed by atoms with Gasteiger partial charge in [-0.05, 0) is 35.8 Å². The van der Waals surface area contributed by atoms with Crippen molar-refractivity contribution in [2.75, 3.05) is 37.8 Å². The fourth-order valence-electron chi connectivity index (χ4n) is 2.52. The Kier molecular flexibility index (Phi) is 5.21. The lowest BCUT2D eigenvalue weighted by atomic mass is 10.0. The average molecular weight is 324 g/mol. The molecular weight excluding hydrogens is 302 g/mol. The van der Waals surface area contributed by atoms with E-state index in [2.05, 4.69) is 74.2 Å². The van der Waals surface area contributed by atoms with Gasteiger partial charge in [0.05, 0.1) is 0 Å². The molecule has 2 aromatic rings. The molecule has 0 aliphatic rings. The van der Waals surface area contributed by atoms with Crippen LogP contribution in [-0.4, -0.2) is 32.9 Å². The third-order valence-corrected chi connectivity index (χ3v) is 8.79. The van der Waals surface area contributed by atoms with Crippen molar-refractivity contribution in [1.29, 1.82) is 0 Å². The first-order valence-corrected chi connectivity index (χ1v) is 10.1. The highest BCUT2D eigenvalue weighted by Crippen LogP contribution is 2.54. The van der Waals surface area contributed by atoms with E-state index in [1.165, 1.54) is 22.0 Å². The van der Waals surface area contributed by atoms with E-state index in [9.17, 15) is 0 Å². The fraction of sp³-hybridized carbons (Fsp3) is 0.375. The molecule has 2 rings (SSSR count). The van der Waals surface area contributed by atoms with Crippen LogP contribution in [-0.2, 0) is 3.41 Å². The minimum Gasteiger partial charge on any atom is -0.377 e. The Labute approximate surface area is 134 Å². The van der Waals surface area contributed by atoms with Crippen molar-refractivity contribution in [2.24, 2.45) is 0 Å². The quantitative estimate of drug-likeness (QED) is 0.703. The highest BCUT2D eigenvalue weighted by atomic mass is 32.3. The molecule has 20 heavy (non-hydrogen) atoms. The van der Waals surface area contributed by atoms with Gasteiger partial charge in [-0.15, -0.1) is 35.3 Å². The first-order chi connectivity index (χ1) is 9.59. The third kappa shape index (κ3) is 2.66. The Morgan fingerprint density at radius 1 is 0.800 bits per heavy atom. The van der Waals surface area contributed by atoms with Gasteiger partial charge in [-0.1, -0.05) is 30.3 Å². The molecule has 0 aliphatic heterocycles. The van der Waals surface area contributed by atoms with E-state index >= 15 is 0 Å². The van der Waals surface area contributed by atoms with Crippen LogP contribution < -0.4 is 4.90 Å². The van der Waals surface area contributed by atoms with Crippen molar-refractivity contribution < 1.29 is 0 Å². The third-order valence-electron chi connectivity index (χ3n) is 3.52. The highest BCUT2D eigenvalue weighted by molar-refractivity contribution is 8.32. The standard InChI is InChI=1S/C16H21NS3/c1-17(2)15-11-10-14(16(18-3,19-4)20-5)12-8-6-7-9-13(12)15/h6-11H,1-5H3. The van der Waals surface area contributed by atoms with E-state index in [4.69, 9.17) is 0 Å². The van der Waals surface area contributed by atoms with E-state index in [1.807, 2.05) is 35.3 Å². The molecule has 0 amide bonds. The second kappa shape index (κ2) is 6.54. The summed E-state index contributed by atoms with van der Waals surface area (Å²) in [6.07, 6.45) is 6.59. The Bertz CT molecular complexity index is 583. The second-order valence-corrected chi connectivity index (χ2v) is 8.58. The minimum atomic E-state index is 0.0600. The van der Waals surface area contributed by atoms with Crippen LogP contribution in [0.15, 0.2) is 36.4 Å². The van der Waals surface area contributed by atoms with Crippen molar-refractivity contribution in [3.63, 3.8) is 0 Å². The molecule has 0 aromatic heterocycles. The molecule has 0 radical (unpaired) electrons. The molecule has 1 nitrogen and oxygen atoms in total. The predicted octanol–water partition coefficient (Wildman–Crippen LogP) is 5.11. The van der Waals surface area contributed by atoms with Crippen LogP contribution >= 0.6 is 35.3 Å². The minimum absolute atomic E-state index is 0.0600. The molecule has 4 heteroatoms. The lowest BCUT2D eigenvalue weighted by molar-refractivity contribution is 1.14. The van der Waals surface area contributed by atoms with E-state index in [-0.39, 0.29) is 3.41 Å². The summed E-state index contributed by atoms with van der Waals surface area (Å²) in [5, 5.41) is 2.69. The molecule has 0 spiro atoms. The number of thioether (sulfide) groups is 3. The summed E-state index contributed by atoms with van der Waals surface area (Å²) in [7, 11) is 4.21. The van der Waals surface area contributed by atoms with Gasteiger partial charge in [0.15, 0.2) is 0 Å². The van der Waals surface area contributed by atoms with E-state index in [0.29, 0.717) is 0 Å². The van der Waals surface area contributed by atoms with Gasteiger partial charge in [-0.25, -0.2) is 0 Å². The molecule has 0 unspecified atom stereocenters. The summed E-state index contributed by atoms with van der Waals surface area (Å²) < 4.78 is 0.0600. The van der Waals surface area contributed by atoms with Gasteiger partial charge in [0.25, 0.3) is 0 Å². The number of anilines is 1. The van der Waals surface area contributed by atoms with Crippen molar-refractivity contribution in [1.82, 2.24) is 0 Å². The van der Waals surface area contributed by atoms with E-state index in [1.54, 1.807) is 0 Å². The van der Waals surface area contributed by atoms with E-state index < -0.39 is 0 Å². The molecule has 0 bridgehead atoms. The number of nitrogens with zero attached hydrogens (tertiary/aromatic N) is 1. The summed E-state index contributed by atoms with van der Waals surface area (Å²) in [6.45, 7) is 0. The number of benzene rings is 2. The summed E-state index contributed by atoms with van der Waals surface area (Å²) in [5.74, 6) is 0. The Morgan fingerprint density at radius 2 is 1.35 bits per heavy atom. The number of hydrogen-bond donors (Lipinski definition) is 0. The lowest BCUT2D eigenvalue weighted by Gasteiger charge is -2.31. The van der Waals surface area contributed by atoms with Gasteiger partial charge in [0.1, 0.15) is 3.41 Å². The summed E-state index contributed by atoms with van der Waals surface area (Å²) in [5.41, 5.74) is 2.69. The molecule has 108 valence electrons. The van der Waals surface area contributed by atoms with Crippen molar-refractivity contribution in [3.05, 3.63) is 42.0 Å². The summed E-state index contributed by atoms with van der Waals surface area (Å²) in [4.78, 5) is 2.19. The number of fused-ring (bicyclic) bond motifs is 1. The SMILES string of the molecule is CSC(SC)(SC)c1ccc(N(C)C)c2ccccc12. The van der Waals surface area contributed by atoms with Gasteiger partial charge < -0.3 is 4.90 Å². The maximum atomic E-state index is 2.29. The van der Waals surface area contributed by atoms with Crippen molar-refractivity contribution in [3.8, 4) is 0 Å². The molecule has 0 saturated carbocycles. The number of rotatable bonds is 5. The fourth-order valence-corrected chi connectivity index (χ4v) is 5.71. The summed E-state index contributed by atoms with van der Waals surface area (Å²) in [6, 6.07) is 13.3. The van der Waals surface area contributed by atoms with Crippen molar-refractivity contribution in [2.45, 2.75) is 3.41 Å². The smallest absolute Gasteiger partial charge is 0.132 e. The Hall–Kier alpha value is -0.450. The molecule has 0 aliphatic carbocycles. The number of hydrogen-bond acceptors (Lipinski definition) is 4. The van der Waals surface area contributed by atoms with Gasteiger partial charge in [0.2, 0.25) is 0 Å². The molecule has 0 heterocycles. The molecule has 0 atom stereocenters. The normalized spacial score (nSPS) is 11.8. The predicted molar refractivity (Wildman–Crippen MR) is 100 cm³/mol. The van der Waals surface area contributed by atoms with Crippen LogP contribution in [0, 0.1) is 0 Å². The highest BCUT2D eigenvalue weighted by Gasteiger charge is 2.31. The first-order valence-electron chi connectivity index (χ1n) is 6.44. The van der Waals surface area contributed by atoms with Crippen LogP contribution in [0.5, 0.6) is 0 Å². The Balaban J connectivity index is 2.76. The first kappa shape index (κ1) is 15.9. The van der Waals surface area contributed by atoms with Crippen LogP contribution in [0.3, 0.4) is 0 Å². The summed E-state index contributed by atoms with van der Waals surface area (Å²) >= 11 is 5.74. The molecule has 0 fully saturated rings. The second-order valence-electron chi connectivity index (χ2n) is 4.74. The maximum Gasteiger partial charge on any atom is 0.132 e. The van der Waals surface area contributed by atoms with Crippen LogP contribution in [0.25, 0.3) is 10.8 Å². The zero-order chi connectivity index (χ0) is 14.8. The van der Waals surface area contributed by atoms with Crippen molar-refractivity contribution >= 4 is 51.7 Å². The zero-order valence-corrected chi connectivity index (χ0v) is 15.1. The lowest BCUT2D eigenvalue weighted by Crippen LogP contribution is -2.14. The molecule has 2 aromatic carbocycles. The van der Waals surface area contributed by atoms with Crippen LogP contribution in [0.1, 0.15) is 5.56 Å². The van der Waals surface area contributed by atoms with Crippen LogP contribution in [0.4, 0.5) is 5.69 Å². The van der Waals surface area contributed by atoms with Gasteiger partial charge in [-0.3, -0.25) is 0 Å².